The van der Waals surface area contributed by atoms with E-state index in [0.717, 1.165) is 36.8 Å². The minimum absolute atomic E-state index is 0.332. The zero-order chi connectivity index (χ0) is 19.5. The van der Waals surface area contributed by atoms with Gasteiger partial charge >= 0.3 is 5.97 Å². The average Bonchev–Trinajstić information content (AvgIpc) is 2.70. The Morgan fingerprint density at radius 1 is 1.19 bits per heavy atom. The Morgan fingerprint density at radius 2 is 1.89 bits per heavy atom. The number of esters is 1. The molecule has 0 aromatic heterocycles. The van der Waals surface area contributed by atoms with E-state index in [1.54, 1.807) is 6.92 Å². The lowest BCUT2D eigenvalue weighted by molar-refractivity contribution is -0.139. The lowest BCUT2D eigenvalue weighted by atomic mass is 9.90. The molecule has 0 N–H and O–H groups in total. The molecule has 0 amide bonds. The van der Waals surface area contributed by atoms with E-state index in [-0.39, 0.29) is 5.97 Å². The number of carbonyl (C=O) groups is 1. The highest BCUT2D eigenvalue weighted by molar-refractivity contribution is 5.86. The zero-order valence-electron chi connectivity index (χ0n) is 15.9. The standard InChI is InChI=1S/C23H27NO3/c1-19(2)22(25)26-16-8-3-4-9-17-27-23(18-24)14-12-21(13-15-23)20-10-6-5-7-11-20/h5-7,10-14H,1,3-4,8-9,15-17H2,2H3. The Balaban J connectivity index is 1.66. The smallest absolute Gasteiger partial charge is 0.333 e. The number of hydrogen-bond donors (Lipinski definition) is 0. The van der Waals surface area contributed by atoms with Crippen LogP contribution in [0.2, 0.25) is 0 Å². The molecule has 0 bridgehead atoms. The highest BCUT2D eigenvalue weighted by atomic mass is 16.5. The van der Waals surface area contributed by atoms with Crippen molar-refractivity contribution in [1.82, 2.24) is 0 Å². The molecule has 1 aromatic rings. The topological polar surface area (TPSA) is 59.3 Å². The summed E-state index contributed by atoms with van der Waals surface area (Å²) in [4.78, 5) is 11.3. The van der Waals surface area contributed by atoms with Gasteiger partial charge in [-0.15, -0.1) is 0 Å². The average molecular weight is 365 g/mol. The molecule has 1 atom stereocenters. The van der Waals surface area contributed by atoms with Crippen LogP contribution < -0.4 is 0 Å². The predicted molar refractivity (Wildman–Crippen MR) is 107 cm³/mol. The van der Waals surface area contributed by atoms with Crippen LogP contribution >= 0.6 is 0 Å². The summed E-state index contributed by atoms with van der Waals surface area (Å²) in [6, 6.07) is 12.4. The maximum Gasteiger partial charge on any atom is 0.333 e. The molecule has 0 aliphatic heterocycles. The molecule has 0 heterocycles. The molecular formula is C23H27NO3. The first-order chi connectivity index (χ1) is 13.1. The molecule has 27 heavy (non-hydrogen) atoms. The monoisotopic (exact) mass is 365 g/mol. The van der Waals surface area contributed by atoms with Crippen molar-refractivity contribution in [2.45, 2.75) is 44.6 Å². The number of hydrogen-bond acceptors (Lipinski definition) is 4. The van der Waals surface area contributed by atoms with Crippen LogP contribution in [0.25, 0.3) is 5.57 Å². The van der Waals surface area contributed by atoms with Crippen molar-refractivity contribution in [3.8, 4) is 6.07 Å². The summed E-state index contributed by atoms with van der Waals surface area (Å²) in [6.07, 6.45) is 10.1. The van der Waals surface area contributed by atoms with E-state index in [0.29, 0.717) is 25.2 Å². The summed E-state index contributed by atoms with van der Waals surface area (Å²) in [5.41, 5.74) is 1.83. The van der Waals surface area contributed by atoms with Gasteiger partial charge in [0.15, 0.2) is 5.60 Å². The number of carbonyl (C=O) groups excluding carboxylic acids is 1. The molecular weight excluding hydrogens is 338 g/mol. The van der Waals surface area contributed by atoms with E-state index in [1.807, 2.05) is 30.4 Å². The highest BCUT2D eigenvalue weighted by Crippen LogP contribution is 2.29. The molecule has 1 aliphatic carbocycles. The largest absolute Gasteiger partial charge is 0.462 e. The van der Waals surface area contributed by atoms with Crippen molar-refractivity contribution in [1.29, 1.82) is 5.26 Å². The summed E-state index contributed by atoms with van der Waals surface area (Å²) in [5, 5.41) is 9.56. The highest BCUT2D eigenvalue weighted by Gasteiger charge is 2.29. The SMILES string of the molecule is C=C(C)C(=O)OCCCCCCOC1(C#N)C=CC(c2ccccc2)=CC1. The lowest BCUT2D eigenvalue weighted by Crippen LogP contribution is -2.29. The van der Waals surface area contributed by atoms with Crippen LogP contribution in [0.15, 0.2) is 60.7 Å². The number of ether oxygens (including phenoxy) is 2. The van der Waals surface area contributed by atoms with Gasteiger partial charge in [0.05, 0.1) is 6.61 Å². The Bertz CT molecular complexity index is 743. The molecule has 2 rings (SSSR count). The first-order valence-electron chi connectivity index (χ1n) is 9.39. The van der Waals surface area contributed by atoms with Gasteiger partial charge in [-0.25, -0.2) is 4.79 Å². The van der Waals surface area contributed by atoms with E-state index in [2.05, 4.69) is 30.9 Å². The summed E-state index contributed by atoms with van der Waals surface area (Å²) >= 11 is 0. The normalized spacial score (nSPS) is 18.4. The quantitative estimate of drug-likeness (QED) is 0.333. The second-order valence-corrected chi connectivity index (χ2v) is 6.74. The number of rotatable bonds is 10. The molecule has 0 radical (unpaired) electrons. The third-order valence-electron chi connectivity index (χ3n) is 4.43. The van der Waals surface area contributed by atoms with Gasteiger partial charge in [0, 0.05) is 18.6 Å². The molecule has 142 valence electrons. The molecule has 4 nitrogen and oxygen atoms in total. The summed E-state index contributed by atoms with van der Waals surface area (Å²) in [6.45, 7) is 6.15. The Hall–Kier alpha value is -2.64. The van der Waals surface area contributed by atoms with Crippen LogP contribution in [-0.4, -0.2) is 24.8 Å². The van der Waals surface area contributed by atoms with Crippen LogP contribution in [0.1, 0.15) is 44.6 Å². The van der Waals surface area contributed by atoms with Gasteiger partial charge in [0.2, 0.25) is 0 Å². The van der Waals surface area contributed by atoms with Crippen molar-refractivity contribution in [2.75, 3.05) is 13.2 Å². The lowest BCUT2D eigenvalue weighted by Gasteiger charge is -2.25. The van der Waals surface area contributed by atoms with Crippen LogP contribution in [-0.2, 0) is 14.3 Å². The second kappa shape index (κ2) is 10.5. The fraction of sp³-hybridized carbons (Fsp3) is 0.391. The van der Waals surface area contributed by atoms with Crippen LogP contribution in [0.5, 0.6) is 0 Å². The number of unbranched alkanes of at least 4 members (excludes halogenated alkanes) is 3. The van der Waals surface area contributed by atoms with Crippen molar-refractivity contribution >= 4 is 11.5 Å². The van der Waals surface area contributed by atoms with E-state index < -0.39 is 5.60 Å². The van der Waals surface area contributed by atoms with Gasteiger partial charge in [-0.2, -0.15) is 5.26 Å². The summed E-state index contributed by atoms with van der Waals surface area (Å²) in [7, 11) is 0. The van der Waals surface area contributed by atoms with Gasteiger partial charge < -0.3 is 9.47 Å². The van der Waals surface area contributed by atoms with Crippen molar-refractivity contribution in [3.05, 3.63) is 66.3 Å². The van der Waals surface area contributed by atoms with E-state index in [4.69, 9.17) is 9.47 Å². The minimum Gasteiger partial charge on any atom is -0.462 e. The van der Waals surface area contributed by atoms with Gasteiger partial charge in [0.25, 0.3) is 0 Å². The van der Waals surface area contributed by atoms with E-state index in [9.17, 15) is 10.1 Å². The number of nitriles is 1. The number of benzene rings is 1. The van der Waals surface area contributed by atoms with Crippen molar-refractivity contribution in [3.63, 3.8) is 0 Å². The first kappa shape index (κ1) is 20.7. The second-order valence-electron chi connectivity index (χ2n) is 6.74. The fourth-order valence-electron chi connectivity index (χ4n) is 2.79. The van der Waals surface area contributed by atoms with Crippen LogP contribution in [0.4, 0.5) is 0 Å². The van der Waals surface area contributed by atoms with Crippen LogP contribution in [0.3, 0.4) is 0 Å². The number of nitrogens with zero attached hydrogens (tertiary/aromatic N) is 1. The van der Waals surface area contributed by atoms with Gasteiger partial charge in [-0.3, -0.25) is 0 Å². The summed E-state index contributed by atoms with van der Waals surface area (Å²) in [5.74, 6) is -0.332. The Morgan fingerprint density at radius 3 is 2.48 bits per heavy atom. The maximum absolute atomic E-state index is 11.3. The van der Waals surface area contributed by atoms with Crippen LogP contribution in [0, 0.1) is 11.3 Å². The minimum atomic E-state index is -0.866. The third-order valence-corrected chi connectivity index (χ3v) is 4.43. The van der Waals surface area contributed by atoms with E-state index in [1.165, 1.54) is 0 Å². The first-order valence-corrected chi connectivity index (χ1v) is 9.39. The molecule has 0 saturated carbocycles. The zero-order valence-corrected chi connectivity index (χ0v) is 15.9. The summed E-state index contributed by atoms with van der Waals surface area (Å²) < 4.78 is 10.9. The number of allylic oxidation sites excluding steroid dienone is 2. The third kappa shape index (κ3) is 6.54. The fourth-order valence-corrected chi connectivity index (χ4v) is 2.79. The Labute approximate surface area is 161 Å². The molecule has 4 heteroatoms. The van der Waals surface area contributed by atoms with Gasteiger partial charge in [-0.1, -0.05) is 55.5 Å². The van der Waals surface area contributed by atoms with Gasteiger partial charge in [0.1, 0.15) is 6.07 Å². The Kier molecular flexibility index (Phi) is 8.03. The molecule has 1 unspecified atom stereocenters. The predicted octanol–water partition coefficient (Wildman–Crippen LogP) is 4.99. The molecule has 1 aliphatic rings. The van der Waals surface area contributed by atoms with E-state index >= 15 is 0 Å². The molecule has 0 fully saturated rings. The maximum atomic E-state index is 11.3. The molecule has 0 spiro atoms. The van der Waals surface area contributed by atoms with Crippen molar-refractivity contribution in [2.24, 2.45) is 0 Å². The molecule has 0 saturated heterocycles. The molecule has 1 aromatic carbocycles. The van der Waals surface area contributed by atoms with Crippen molar-refractivity contribution < 1.29 is 14.3 Å². The van der Waals surface area contributed by atoms with Gasteiger partial charge in [-0.05, 0) is 43.4 Å².